The van der Waals surface area contributed by atoms with Crippen molar-refractivity contribution in [1.82, 2.24) is 5.32 Å². The summed E-state index contributed by atoms with van der Waals surface area (Å²) in [4.78, 5) is 0. The molecule has 19 heavy (non-hydrogen) atoms. The van der Waals surface area contributed by atoms with Crippen molar-refractivity contribution in [2.24, 2.45) is 11.8 Å². The summed E-state index contributed by atoms with van der Waals surface area (Å²) in [5.74, 6) is 2.88. The maximum absolute atomic E-state index is 5.56. The number of hydrogen-bond acceptors (Lipinski definition) is 2. The topological polar surface area (TPSA) is 21.3 Å². The van der Waals surface area contributed by atoms with Crippen molar-refractivity contribution in [3.63, 3.8) is 0 Å². The second-order valence-corrected chi connectivity index (χ2v) is 6.16. The third kappa shape index (κ3) is 3.11. The van der Waals surface area contributed by atoms with E-state index in [2.05, 4.69) is 30.4 Å². The predicted molar refractivity (Wildman–Crippen MR) is 78.7 cm³/mol. The minimum absolute atomic E-state index is 0.865. The smallest absolute Gasteiger partial charge is 0.122 e. The van der Waals surface area contributed by atoms with E-state index in [1.165, 1.54) is 49.9 Å². The minimum Gasteiger partial charge on any atom is -0.493 e. The molecule has 0 saturated carbocycles. The van der Waals surface area contributed by atoms with E-state index < -0.39 is 0 Å². The van der Waals surface area contributed by atoms with E-state index in [-0.39, 0.29) is 0 Å². The Kier molecular flexibility index (Phi) is 4.07. The fourth-order valence-corrected chi connectivity index (χ4v) is 3.40. The fraction of sp³-hybridized carbons (Fsp3) is 0.647. The van der Waals surface area contributed by atoms with Crippen LogP contribution in [-0.2, 0) is 12.8 Å². The average Bonchev–Trinajstić information content (AvgIpc) is 2.88. The van der Waals surface area contributed by atoms with Crippen LogP contribution in [-0.4, -0.2) is 19.7 Å². The molecule has 0 aliphatic carbocycles. The maximum atomic E-state index is 5.56. The molecule has 0 radical (unpaired) electrons. The largest absolute Gasteiger partial charge is 0.493 e. The molecule has 1 aromatic rings. The highest BCUT2D eigenvalue weighted by molar-refractivity contribution is 5.39. The first-order chi connectivity index (χ1) is 9.33. The van der Waals surface area contributed by atoms with Crippen LogP contribution < -0.4 is 10.1 Å². The summed E-state index contributed by atoms with van der Waals surface area (Å²) >= 11 is 0. The molecule has 2 heteroatoms. The summed E-state index contributed by atoms with van der Waals surface area (Å²) in [5, 5.41) is 3.53. The molecule has 0 spiro atoms. The van der Waals surface area contributed by atoms with E-state index in [1.807, 2.05) is 0 Å². The summed E-state index contributed by atoms with van der Waals surface area (Å²) < 4.78 is 5.56. The van der Waals surface area contributed by atoms with Crippen LogP contribution in [0.4, 0.5) is 0 Å². The highest BCUT2D eigenvalue weighted by Gasteiger charge is 2.20. The molecule has 3 rings (SSSR count). The zero-order valence-corrected chi connectivity index (χ0v) is 12.0. The van der Waals surface area contributed by atoms with Gasteiger partial charge in [0.1, 0.15) is 5.75 Å². The third-order valence-corrected chi connectivity index (χ3v) is 4.78. The number of benzene rings is 1. The van der Waals surface area contributed by atoms with Crippen molar-refractivity contribution in [3.05, 3.63) is 29.3 Å². The molecule has 2 atom stereocenters. The van der Waals surface area contributed by atoms with Crippen molar-refractivity contribution < 1.29 is 4.74 Å². The van der Waals surface area contributed by atoms with E-state index in [1.54, 1.807) is 0 Å². The standard InChI is InChI=1S/C17H25NO/c1-13-7-9-18-12-16(13)4-2-3-14-5-6-17-15(11-14)8-10-19-17/h5-6,11,13,16,18H,2-4,7-10,12H2,1H3. The molecular weight excluding hydrogens is 234 g/mol. The summed E-state index contributed by atoms with van der Waals surface area (Å²) in [6.45, 7) is 5.71. The van der Waals surface area contributed by atoms with E-state index in [0.717, 1.165) is 30.6 Å². The van der Waals surface area contributed by atoms with Gasteiger partial charge in [-0.1, -0.05) is 19.1 Å². The third-order valence-electron chi connectivity index (χ3n) is 4.78. The highest BCUT2D eigenvalue weighted by atomic mass is 16.5. The van der Waals surface area contributed by atoms with Gasteiger partial charge < -0.3 is 10.1 Å². The van der Waals surface area contributed by atoms with Crippen LogP contribution in [0.15, 0.2) is 18.2 Å². The second-order valence-electron chi connectivity index (χ2n) is 6.16. The Bertz CT molecular complexity index is 429. The van der Waals surface area contributed by atoms with Gasteiger partial charge in [-0.3, -0.25) is 0 Å². The monoisotopic (exact) mass is 259 g/mol. The van der Waals surface area contributed by atoms with Crippen LogP contribution in [0, 0.1) is 11.8 Å². The Morgan fingerprint density at radius 1 is 1.37 bits per heavy atom. The van der Waals surface area contributed by atoms with Crippen molar-refractivity contribution in [2.75, 3.05) is 19.7 Å². The zero-order valence-electron chi connectivity index (χ0n) is 12.0. The lowest BCUT2D eigenvalue weighted by atomic mass is 9.84. The Hall–Kier alpha value is -1.02. The molecule has 104 valence electrons. The molecule has 1 saturated heterocycles. The van der Waals surface area contributed by atoms with Gasteiger partial charge in [-0.15, -0.1) is 0 Å². The van der Waals surface area contributed by atoms with Crippen LogP contribution in [0.3, 0.4) is 0 Å². The van der Waals surface area contributed by atoms with E-state index in [9.17, 15) is 0 Å². The molecule has 2 nitrogen and oxygen atoms in total. The average molecular weight is 259 g/mol. The number of rotatable bonds is 4. The molecule has 1 N–H and O–H groups in total. The molecule has 2 unspecified atom stereocenters. The van der Waals surface area contributed by atoms with Gasteiger partial charge in [0, 0.05) is 6.42 Å². The molecule has 0 aromatic heterocycles. The number of fused-ring (bicyclic) bond motifs is 1. The molecule has 0 amide bonds. The Morgan fingerprint density at radius 2 is 2.32 bits per heavy atom. The van der Waals surface area contributed by atoms with Gasteiger partial charge in [0.25, 0.3) is 0 Å². The molecule has 2 aliphatic heterocycles. The van der Waals surface area contributed by atoms with Crippen LogP contribution in [0.5, 0.6) is 5.75 Å². The number of hydrogen-bond donors (Lipinski definition) is 1. The predicted octanol–water partition coefficient (Wildman–Crippen LogP) is 3.19. The summed E-state index contributed by atoms with van der Waals surface area (Å²) in [7, 11) is 0. The van der Waals surface area contributed by atoms with Gasteiger partial charge in [-0.2, -0.15) is 0 Å². The summed E-state index contributed by atoms with van der Waals surface area (Å²) in [5.41, 5.74) is 2.89. The van der Waals surface area contributed by atoms with Crippen molar-refractivity contribution in [1.29, 1.82) is 0 Å². The SMILES string of the molecule is CC1CCNCC1CCCc1ccc2c(c1)CCO2. The van der Waals surface area contributed by atoms with E-state index >= 15 is 0 Å². The summed E-state index contributed by atoms with van der Waals surface area (Å²) in [6, 6.07) is 6.75. The minimum atomic E-state index is 0.865. The fourth-order valence-electron chi connectivity index (χ4n) is 3.40. The molecule has 2 aliphatic rings. The van der Waals surface area contributed by atoms with Crippen LogP contribution in [0.1, 0.15) is 37.3 Å². The quantitative estimate of drug-likeness (QED) is 0.896. The lowest BCUT2D eigenvalue weighted by Gasteiger charge is -2.29. The molecular formula is C17H25NO. The normalized spacial score (nSPS) is 25.9. The molecule has 2 heterocycles. The second kappa shape index (κ2) is 5.96. The number of ether oxygens (including phenoxy) is 1. The first-order valence-corrected chi connectivity index (χ1v) is 7.78. The number of aryl methyl sites for hydroxylation is 1. The lowest BCUT2D eigenvalue weighted by molar-refractivity contribution is 0.255. The van der Waals surface area contributed by atoms with Gasteiger partial charge in [0.05, 0.1) is 6.61 Å². The lowest BCUT2D eigenvalue weighted by Crippen LogP contribution is -2.35. The summed E-state index contributed by atoms with van der Waals surface area (Å²) in [6.07, 6.45) is 6.34. The molecule has 0 bridgehead atoms. The molecule has 1 fully saturated rings. The van der Waals surface area contributed by atoms with Crippen LogP contribution >= 0.6 is 0 Å². The Morgan fingerprint density at radius 3 is 3.21 bits per heavy atom. The van der Waals surface area contributed by atoms with Gasteiger partial charge in [0.2, 0.25) is 0 Å². The number of nitrogens with one attached hydrogen (secondary N) is 1. The Balaban J connectivity index is 1.49. The van der Waals surface area contributed by atoms with Crippen LogP contribution in [0.2, 0.25) is 0 Å². The van der Waals surface area contributed by atoms with E-state index in [4.69, 9.17) is 4.74 Å². The van der Waals surface area contributed by atoms with Crippen molar-refractivity contribution in [3.8, 4) is 5.75 Å². The van der Waals surface area contributed by atoms with Crippen molar-refractivity contribution in [2.45, 2.75) is 39.0 Å². The van der Waals surface area contributed by atoms with Crippen LogP contribution in [0.25, 0.3) is 0 Å². The first-order valence-electron chi connectivity index (χ1n) is 7.78. The van der Waals surface area contributed by atoms with Crippen molar-refractivity contribution >= 4 is 0 Å². The zero-order chi connectivity index (χ0) is 13.1. The first kappa shape index (κ1) is 13.0. The van der Waals surface area contributed by atoms with E-state index in [0.29, 0.717) is 0 Å². The van der Waals surface area contributed by atoms with Gasteiger partial charge in [0.15, 0.2) is 0 Å². The maximum Gasteiger partial charge on any atom is 0.122 e. The highest BCUT2D eigenvalue weighted by Crippen LogP contribution is 2.27. The van der Waals surface area contributed by atoms with Gasteiger partial charge >= 0.3 is 0 Å². The Labute approximate surface area is 116 Å². The van der Waals surface area contributed by atoms with Gasteiger partial charge in [-0.25, -0.2) is 0 Å². The molecule has 1 aromatic carbocycles. The number of piperidine rings is 1. The van der Waals surface area contributed by atoms with Gasteiger partial charge in [-0.05, 0) is 67.8 Å².